The van der Waals surface area contributed by atoms with Crippen molar-refractivity contribution in [1.29, 1.82) is 0 Å². The Morgan fingerprint density at radius 1 is 1.07 bits per heavy atom. The molecule has 0 radical (unpaired) electrons. The zero-order valence-corrected chi connectivity index (χ0v) is 24.7. The Kier molecular flexibility index (Phi) is 5.06. The lowest BCUT2D eigenvalue weighted by Gasteiger charge is -2.67. The van der Waals surface area contributed by atoms with Crippen LogP contribution in [0, 0.1) is 11.3 Å². The van der Waals surface area contributed by atoms with Gasteiger partial charge in [-0.15, -0.1) is 0 Å². The summed E-state index contributed by atoms with van der Waals surface area (Å²) in [7, 11) is 1.97. The van der Waals surface area contributed by atoms with Crippen molar-refractivity contribution in [2.24, 2.45) is 11.3 Å². The molecule has 2 unspecified atom stereocenters. The van der Waals surface area contributed by atoms with Gasteiger partial charge in [-0.25, -0.2) is 4.79 Å². The lowest BCUT2D eigenvalue weighted by molar-refractivity contribution is -0.273. The smallest absolute Gasteiger partial charge is 0.338 e. The predicted octanol–water partition coefficient (Wildman–Crippen LogP) is 3.42. The minimum absolute atomic E-state index is 0.105. The van der Waals surface area contributed by atoms with E-state index in [4.69, 9.17) is 14.2 Å². The van der Waals surface area contributed by atoms with E-state index in [0.29, 0.717) is 30.4 Å². The predicted molar refractivity (Wildman–Crippen MR) is 159 cm³/mol. The first-order chi connectivity index (χ1) is 19.8. The molecule has 1 spiro atoms. The second-order valence-corrected chi connectivity index (χ2v) is 14.1. The molecule has 42 heavy (non-hydrogen) atoms. The Morgan fingerprint density at radius 2 is 1.81 bits per heavy atom. The first-order valence-corrected chi connectivity index (χ1v) is 15.1. The number of ether oxygens (including phenoxy) is 3. The summed E-state index contributed by atoms with van der Waals surface area (Å²) in [4.78, 5) is 30.9. The maximum Gasteiger partial charge on any atom is 0.338 e. The average molecular weight is 565 g/mol. The largest absolute Gasteiger partial charge is 0.455 e. The molecule has 5 aliphatic rings. The zero-order valence-electron chi connectivity index (χ0n) is 24.7. The van der Waals surface area contributed by atoms with Gasteiger partial charge in [0.2, 0.25) is 0 Å². The number of aromatic nitrogens is 1. The second-order valence-electron chi connectivity index (χ2n) is 14.1. The van der Waals surface area contributed by atoms with Crippen LogP contribution < -0.4 is 5.46 Å². The molecular weight excluding hydrogens is 529 g/mol. The van der Waals surface area contributed by atoms with Gasteiger partial charge in [-0.3, -0.25) is 4.79 Å². The van der Waals surface area contributed by atoms with Crippen molar-refractivity contribution < 1.29 is 28.9 Å². The van der Waals surface area contributed by atoms with Crippen molar-refractivity contribution in [1.82, 2.24) is 4.98 Å². The lowest BCUT2D eigenvalue weighted by Crippen LogP contribution is -2.75. The Balaban J connectivity index is 1.32. The zero-order chi connectivity index (χ0) is 29.4. The third kappa shape index (κ3) is 2.98. The van der Waals surface area contributed by atoms with Gasteiger partial charge in [0.1, 0.15) is 25.2 Å². The Labute approximate surface area is 246 Å². The standard InChI is InChI=1S/C34H36BNO6/c1-30(2)28-24(37)17-25-33(41-28,42-30)14-13-31(3)32(4)19(15-22-21-7-5-6-8-23(21)36-27(22)32)16-26(34(25,31)39)40-29(38)18-9-11-20(35)12-10-18/h5-12,17,19,26,28,36,39H,13-16,35H2,1-4H3/t19-,26+,28?,31?,32-,33+,34+/m1/s1. The number of esters is 1. The van der Waals surface area contributed by atoms with Crippen LogP contribution in [0.25, 0.3) is 10.9 Å². The molecule has 8 rings (SSSR count). The van der Waals surface area contributed by atoms with Crippen molar-refractivity contribution >= 4 is 36.0 Å². The van der Waals surface area contributed by atoms with Gasteiger partial charge in [-0.2, -0.15) is 0 Å². The molecule has 7 nitrogen and oxygen atoms in total. The number of ketones is 1. The van der Waals surface area contributed by atoms with Crippen LogP contribution in [0.15, 0.2) is 60.2 Å². The van der Waals surface area contributed by atoms with Crippen LogP contribution in [-0.4, -0.2) is 58.9 Å². The van der Waals surface area contributed by atoms with Gasteiger partial charge in [0.05, 0.1) is 5.56 Å². The van der Waals surface area contributed by atoms with Crippen LogP contribution >= 0.6 is 0 Å². The van der Waals surface area contributed by atoms with Gasteiger partial charge in [-0.05, 0) is 68.9 Å². The number of rotatable bonds is 2. The Bertz CT molecular complexity index is 1730. The van der Waals surface area contributed by atoms with E-state index < -0.39 is 46.0 Å². The minimum Gasteiger partial charge on any atom is -0.455 e. The Hall–Kier alpha value is -3.20. The van der Waals surface area contributed by atoms with Crippen LogP contribution in [0.3, 0.4) is 0 Å². The van der Waals surface area contributed by atoms with E-state index in [2.05, 4.69) is 37.0 Å². The van der Waals surface area contributed by atoms with Gasteiger partial charge in [0.25, 0.3) is 0 Å². The first kappa shape index (κ1) is 26.4. The quantitative estimate of drug-likeness (QED) is 0.365. The molecule has 2 N–H and O–H groups in total. The highest BCUT2D eigenvalue weighted by Gasteiger charge is 2.78. The van der Waals surface area contributed by atoms with E-state index in [0.717, 1.165) is 23.1 Å². The molecule has 1 aromatic heterocycles. The molecule has 7 atom stereocenters. The summed E-state index contributed by atoms with van der Waals surface area (Å²) in [5, 5.41) is 14.6. The molecule has 8 heteroatoms. The van der Waals surface area contributed by atoms with Gasteiger partial charge in [0.15, 0.2) is 17.7 Å². The van der Waals surface area contributed by atoms with Crippen molar-refractivity contribution in [2.45, 2.75) is 88.0 Å². The molecular formula is C34H36BNO6. The average Bonchev–Trinajstić information content (AvgIpc) is 3.54. The SMILES string of the molecule is Bc1ccc(C(=O)O[C@H]2C[C@H]3Cc4c([nH]c5ccccc45)[C@]3(C)C3(C)CC[C@@]45OC(C(=O)C=C4[C@]23O)C(C)(C)O5)cc1. The molecule has 2 saturated carbocycles. The summed E-state index contributed by atoms with van der Waals surface area (Å²) in [6.45, 7) is 8.07. The van der Waals surface area contributed by atoms with Crippen LogP contribution in [0.2, 0.25) is 0 Å². The molecule has 2 aromatic carbocycles. The van der Waals surface area contributed by atoms with E-state index in [1.165, 1.54) is 10.9 Å². The maximum atomic E-state index is 13.7. The molecule has 0 amide bonds. The number of nitrogens with one attached hydrogen (secondary N) is 1. The lowest BCUT2D eigenvalue weighted by atomic mass is 9.41. The molecule has 3 heterocycles. The van der Waals surface area contributed by atoms with E-state index in [9.17, 15) is 14.7 Å². The number of aliphatic hydroxyl groups is 1. The number of fused-ring (bicyclic) bond motifs is 9. The second kappa shape index (κ2) is 8.04. The van der Waals surface area contributed by atoms with E-state index in [-0.39, 0.29) is 11.7 Å². The molecule has 3 aromatic rings. The highest BCUT2D eigenvalue weighted by molar-refractivity contribution is 6.32. The van der Waals surface area contributed by atoms with Gasteiger partial charge in [0, 0.05) is 39.4 Å². The summed E-state index contributed by atoms with van der Waals surface area (Å²) in [5.74, 6) is -1.87. The molecule has 3 aliphatic carbocycles. The fourth-order valence-corrected chi connectivity index (χ4v) is 9.42. The fraction of sp³-hybridized carbons (Fsp3) is 0.471. The van der Waals surface area contributed by atoms with Crippen LogP contribution in [0.1, 0.15) is 68.6 Å². The highest BCUT2D eigenvalue weighted by atomic mass is 16.8. The highest BCUT2D eigenvalue weighted by Crippen LogP contribution is 2.72. The number of hydrogen-bond acceptors (Lipinski definition) is 6. The third-order valence-corrected chi connectivity index (χ3v) is 11.8. The fourth-order valence-electron chi connectivity index (χ4n) is 9.42. The Morgan fingerprint density at radius 3 is 2.57 bits per heavy atom. The van der Waals surface area contributed by atoms with Crippen molar-refractivity contribution in [3.63, 3.8) is 0 Å². The first-order valence-electron chi connectivity index (χ1n) is 15.1. The normalized spacial score (nSPS) is 39.2. The van der Waals surface area contributed by atoms with Crippen molar-refractivity contribution in [3.05, 3.63) is 77.0 Å². The minimum atomic E-state index is -1.73. The van der Waals surface area contributed by atoms with Crippen LogP contribution in [0.4, 0.5) is 0 Å². The summed E-state index contributed by atoms with van der Waals surface area (Å²) < 4.78 is 19.4. The van der Waals surface area contributed by atoms with E-state index >= 15 is 0 Å². The van der Waals surface area contributed by atoms with Crippen molar-refractivity contribution in [3.8, 4) is 0 Å². The van der Waals surface area contributed by atoms with Gasteiger partial charge < -0.3 is 24.3 Å². The monoisotopic (exact) mass is 565 g/mol. The number of para-hydroxylation sites is 1. The number of carbonyl (C=O) groups is 2. The molecule has 2 bridgehead atoms. The molecule has 1 saturated heterocycles. The number of carbonyl (C=O) groups excluding carboxylic acids is 2. The number of benzene rings is 2. The molecule has 216 valence electrons. The van der Waals surface area contributed by atoms with E-state index in [1.54, 1.807) is 18.2 Å². The van der Waals surface area contributed by atoms with E-state index in [1.807, 2.05) is 39.9 Å². The summed E-state index contributed by atoms with van der Waals surface area (Å²) in [5.41, 5.74) is 1.42. The van der Waals surface area contributed by atoms with Crippen molar-refractivity contribution in [2.75, 3.05) is 0 Å². The topological polar surface area (TPSA) is 97.9 Å². The number of hydrogen-bond donors (Lipinski definition) is 2. The van der Waals surface area contributed by atoms with Gasteiger partial charge in [-0.1, -0.05) is 49.6 Å². The van der Waals surface area contributed by atoms with Crippen LogP contribution in [-0.2, 0) is 30.8 Å². The third-order valence-electron chi connectivity index (χ3n) is 11.8. The summed E-state index contributed by atoms with van der Waals surface area (Å²) in [6.07, 6.45) is 2.18. The van der Waals surface area contributed by atoms with Crippen LogP contribution in [0.5, 0.6) is 0 Å². The maximum absolute atomic E-state index is 13.7. The summed E-state index contributed by atoms with van der Waals surface area (Å²) >= 11 is 0. The molecule has 2 aliphatic heterocycles. The van der Waals surface area contributed by atoms with Gasteiger partial charge >= 0.3 is 5.97 Å². The summed E-state index contributed by atoms with van der Waals surface area (Å²) in [6, 6.07) is 15.6. The molecule has 3 fully saturated rings. The number of aromatic amines is 1. The number of H-pyrrole nitrogens is 1.